The van der Waals surface area contributed by atoms with E-state index in [4.69, 9.17) is 14.2 Å². The topological polar surface area (TPSA) is 27.7 Å². The summed E-state index contributed by atoms with van der Waals surface area (Å²) in [4.78, 5) is 0. The molecule has 0 saturated heterocycles. The Kier molecular flexibility index (Phi) is 8.14. The van der Waals surface area contributed by atoms with Crippen LogP contribution in [0.1, 0.15) is 47.0 Å². The third-order valence-corrected chi connectivity index (χ3v) is 1.93. The van der Waals surface area contributed by atoms with Crippen LogP contribution in [0.3, 0.4) is 0 Å². The quantitative estimate of drug-likeness (QED) is 0.427. The van der Waals surface area contributed by atoms with Gasteiger partial charge in [0.25, 0.3) is 5.97 Å². The van der Waals surface area contributed by atoms with E-state index in [0.717, 1.165) is 6.42 Å². The van der Waals surface area contributed by atoms with Gasteiger partial charge in [0.05, 0.1) is 6.61 Å². The molecule has 86 valence electrons. The van der Waals surface area contributed by atoms with Gasteiger partial charge in [-0.25, -0.2) is 0 Å². The summed E-state index contributed by atoms with van der Waals surface area (Å²) in [6.45, 7) is 9.77. The van der Waals surface area contributed by atoms with Crippen LogP contribution in [0.4, 0.5) is 0 Å². The zero-order chi connectivity index (χ0) is 10.9. The highest BCUT2D eigenvalue weighted by Crippen LogP contribution is 2.15. The lowest BCUT2D eigenvalue weighted by Crippen LogP contribution is -2.36. The van der Waals surface area contributed by atoms with E-state index >= 15 is 0 Å². The van der Waals surface area contributed by atoms with E-state index in [-0.39, 0.29) is 0 Å². The van der Waals surface area contributed by atoms with Crippen LogP contribution in [-0.4, -0.2) is 25.8 Å². The molecule has 0 rings (SSSR count). The summed E-state index contributed by atoms with van der Waals surface area (Å²) in [5.41, 5.74) is 0. The molecule has 0 aliphatic heterocycles. The van der Waals surface area contributed by atoms with Gasteiger partial charge in [0.15, 0.2) is 0 Å². The molecule has 3 heteroatoms. The molecular formula is C11H24O3. The number of rotatable bonds is 9. The molecule has 0 aromatic carbocycles. The molecule has 0 radical (unpaired) electrons. The molecule has 0 atom stereocenters. The van der Waals surface area contributed by atoms with E-state index < -0.39 is 5.97 Å². The fraction of sp³-hybridized carbons (Fsp3) is 1.00. The van der Waals surface area contributed by atoms with Crippen molar-refractivity contribution in [3.05, 3.63) is 0 Å². The van der Waals surface area contributed by atoms with Crippen LogP contribution < -0.4 is 0 Å². The summed E-state index contributed by atoms with van der Waals surface area (Å²) in [5, 5.41) is 0. The van der Waals surface area contributed by atoms with Gasteiger partial charge in [0, 0.05) is 20.1 Å². The van der Waals surface area contributed by atoms with Crippen LogP contribution in [0, 0.1) is 0 Å². The van der Waals surface area contributed by atoms with Crippen molar-refractivity contribution in [1.82, 2.24) is 0 Å². The second-order valence-electron chi connectivity index (χ2n) is 3.28. The van der Waals surface area contributed by atoms with Gasteiger partial charge in [-0.05, 0) is 20.3 Å². The standard InChI is InChI=1S/C11H24O3/c1-5-8-9-10-14-11(4,12-6-2)13-7-3/h5-10H2,1-4H3. The lowest BCUT2D eigenvalue weighted by Gasteiger charge is -2.28. The molecule has 0 aliphatic rings. The van der Waals surface area contributed by atoms with Gasteiger partial charge in [-0.1, -0.05) is 19.8 Å². The summed E-state index contributed by atoms with van der Waals surface area (Å²) < 4.78 is 16.4. The van der Waals surface area contributed by atoms with Crippen molar-refractivity contribution in [3.63, 3.8) is 0 Å². The van der Waals surface area contributed by atoms with Gasteiger partial charge in [-0.2, -0.15) is 0 Å². The Balaban J connectivity index is 3.71. The molecule has 0 spiro atoms. The van der Waals surface area contributed by atoms with Crippen molar-refractivity contribution in [1.29, 1.82) is 0 Å². The fourth-order valence-corrected chi connectivity index (χ4v) is 1.26. The minimum Gasteiger partial charge on any atom is -0.328 e. The third-order valence-electron chi connectivity index (χ3n) is 1.93. The first-order chi connectivity index (χ1) is 6.68. The van der Waals surface area contributed by atoms with Crippen molar-refractivity contribution < 1.29 is 14.2 Å². The van der Waals surface area contributed by atoms with Crippen molar-refractivity contribution >= 4 is 0 Å². The van der Waals surface area contributed by atoms with E-state index in [1.54, 1.807) is 0 Å². The number of hydrogen-bond acceptors (Lipinski definition) is 3. The van der Waals surface area contributed by atoms with Gasteiger partial charge in [-0.15, -0.1) is 0 Å². The Labute approximate surface area is 87.7 Å². The second kappa shape index (κ2) is 8.21. The molecule has 0 saturated carbocycles. The first kappa shape index (κ1) is 13.9. The van der Waals surface area contributed by atoms with Gasteiger partial charge >= 0.3 is 0 Å². The van der Waals surface area contributed by atoms with Crippen molar-refractivity contribution in [2.75, 3.05) is 19.8 Å². The smallest absolute Gasteiger partial charge is 0.279 e. The van der Waals surface area contributed by atoms with Crippen molar-refractivity contribution in [3.8, 4) is 0 Å². The second-order valence-corrected chi connectivity index (χ2v) is 3.28. The monoisotopic (exact) mass is 204 g/mol. The number of ether oxygens (including phenoxy) is 3. The maximum Gasteiger partial charge on any atom is 0.279 e. The highest BCUT2D eigenvalue weighted by Gasteiger charge is 2.25. The summed E-state index contributed by atoms with van der Waals surface area (Å²) in [6.07, 6.45) is 3.45. The first-order valence-electron chi connectivity index (χ1n) is 5.60. The van der Waals surface area contributed by atoms with E-state index in [1.165, 1.54) is 12.8 Å². The molecule has 0 aromatic rings. The minimum absolute atomic E-state index is 0.601. The highest BCUT2D eigenvalue weighted by molar-refractivity contribution is 4.48. The average Bonchev–Trinajstić information content (AvgIpc) is 2.13. The lowest BCUT2D eigenvalue weighted by atomic mass is 10.3. The van der Waals surface area contributed by atoms with E-state index in [2.05, 4.69) is 6.92 Å². The molecule has 0 aliphatic carbocycles. The zero-order valence-electron chi connectivity index (χ0n) is 9.97. The van der Waals surface area contributed by atoms with Crippen LogP contribution in [0.2, 0.25) is 0 Å². The predicted molar refractivity (Wildman–Crippen MR) is 57.1 cm³/mol. The van der Waals surface area contributed by atoms with E-state index in [9.17, 15) is 0 Å². The molecule has 14 heavy (non-hydrogen) atoms. The maximum atomic E-state index is 5.57. The van der Waals surface area contributed by atoms with Crippen LogP contribution in [0.15, 0.2) is 0 Å². The normalized spacial score (nSPS) is 12.0. The fourth-order valence-electron chi connectivity index (χ4n) is 1.26. The van der Waals surface area contributed by atoms with E-state index in [0.29, 0.717) is 19.8 Å². The molecule has 0 amide bonds. The average molecular weight is 204 g/mol. The summed E-state index contributed by atoms with van der Waals surface area (Å²) in [7, 11) is 0. The Bertz CT molecular complexity index is 120. The molecule has 0 fully saturated rings. The molecule has 0 aromatic heterocycles. The van der Waals surface area contributed by atoms with Crippen molar-refractivity contribution in [2.24, 2.45) is 0 Å². The van der Waals surface area contributed by atoms with E-state index in [1.807, 2.05) is 20.8 Å². The molecule has 0 unspecified atom stereocenters. The van der Waals surface area contributed by atoms with Crippen LogP contribution in [0.25, 0.3) is 0 Å². The lowest BCUT2D eigenvalue weighted by molar-refractivity contribution is -0.367. The molecule has 3 nitrogen and oxygen atoms in total. The summed E-state index contributed by atoms with van der Waals surface area (Å²) in [5.74, 6) is -0.850. The number of unbranched alkanes of at least 4 members (excludes halogenated alkanes) is 2. The summed E-state index contributed by atoms with van der Waals surface area (Å²) in [6, 6.07) is 0. The maximum absolute atomic E-state index is 5.57. The third kappa shape index (κ3) is 6.35. The Morgan fingerprint density at radius 1 is 0.857 bits per heavy atom. The highest BCUT2D eigenvalue weighted by atomic mass is 16.9. The minimum atomic E-state index is -0.850. The Morgan fingerprint density at radius 3 is 1.86 bits per heavy atom. The van der Waals surface area contributed by atoms with Gasteiger partial charge < -0.3 is 14.2 Å². The van der Waals surface area contributed by atoms with Gasteiger partial charge in [0.2, 0.25) is 0 Å². The molecular weight excluding hydrogens is 180 g/mol. The van der Waals surface area contributed by atoms with Crippen LogP contribution >= 0.6 is 0 Å². The Morgan fingerprint density at radius 2 is 1.43 bits per heavy atom. The first-order valence-corrected chi connectivity index (χ1v) is 5.60. The van der Waals surface area contributed by atoms with Crippen molar-refractivity contribution in [2.45, 2.75) is 52.9 Å². The van der Waals surface area contributed by atoms with Crippen LogP contribution in [0.5, 0.6) is 0 Å². The largest absolute Gasteiger partial charge is 0.328 e. The number of hydrogen-bond donors (Lipinski definition) is 0. The molecule has 0 N–H and O–H groups in total. The Hall–Kier alpha value is -0.120. The molecule has 0 heterocycles. The molecule has 0 bridgehead atoms. The SMILES string of the molecule is CCCCCOC(C)(OCC)OCC. The predicted octanol–water partition coefficient (Wildman–Crippen LogP) is 2.94. The zero-order valence-corrected chi connectivity index (χ0v) is 9.97. The summed E-state index contributed by atoms with van der Waals surface area (Å²) >= 11 is 0. The van der Waals surface area contributed by atoms with Gasteiger partial charge in [-0.3, -0.25) is 0 Å². The van der Waals surface area contributed by atoms with Crippen LogP contribution in [-0.2, 0) is 14.2 Å². The van der Waals surface area contributed by atoms with Gasteiger partial charge in [0.1, 0.15) is 0 Å².